The molecule has 7 nitrogen and oxygen atoms in total. The molecule has 0 radical (unpaired) electrons. The average Bonchev–Trinajstić information content (AvgIpc) is 2.66. The molecule has 0 bridgehead atoms. The SMILES string of the molecule is CCC(=O)N1CCCc2cc(NC(=O)c3ccc([N+](=O)[O-])c(C)c3)ccc21. The van der Waals surface area contributed by atoms with Gasteiger partial charge in [0.1, 0.15) is 0 Å². The molecule has 0 aromatic heterocycles. The van der Waals surface area contributed by atoms with Gasteiger partial charge in [-0.1, -0.05) is 6.92 Å². The molecule has 0 aliphatic carbocycles. The highest BCUT2D eigenvalue weighted by molar-refractivity contribution is 6.05. The highest BCUT2D eigenvalue weighted by Crippen LogP contribution is 2.30. The van der Waals surface area contributed by atoms with Gasteiger partial charge in [0.25, 0.3) is 11.6 Å². The molecule has 1 aliphatic heterocycles. The molecular weight excluding hydrogens is 346 g/mol. The van der Waals surface area contributed by atoms with E-state index in [1.165, 1.54) is 18.2 Å². The second-order valence-electron chi connectivity index (χ2n) is 6.56. The molecule has 2 aromatic carbocycles. The smallest absolute Gasteiger partial charge is 0.272 e. The Kier molecular flexibility index (Phi) is 5.21. The van der Waals surface area contributed by atoms with Crippen LogP contribution in [0.3, 0.4) is 0 Å². The lowest BCUT2D eigenvalue weighted by molar-refractivity contribution is -0.385. The van der Waals surface area contributed by atoms with Crippen LogP contribution < -0.4 is 10.2 Å². The van der Waals surface area contributed by atoms with E-state index in [9.17, 15) is 19.7 Å². The van der Waals surface area contributed by atoms with Crippen LogP contribution in [0.2, 0.25) is 0 Å². The molecule has 0 atom stereocenters. The van der Waals surface area contributed by atoms with E-state index in [-0.39, 0.29) is 17.5 Å². The van der Waals surface area contributed by atoms with Gasteiger partial charge in [-0.15, -0.1) is 0 Å². The molecule has 27 heavy (non-hydrogen) atoms. The summed E-state index contributed by atoms with van der Waals surface area (Å²) in [5.74, 6) is -0.237. The van der Waals surface area contributed by atoms with E-state index < -0.39 is 4.92 Å². The van der Waals surface area contributed by atoms with Gasteiger partial charge in [0.05, 0.1) is 4.92 Å². The number of aryl methyl sites for hydroxylation is 2. The van der Waals surface area contributed by atoms with Crippen LogP contribution in [0.1, 0.15) is 41.3 Å². The Morgan fingerprint density at radius 1 is 1.22 bits per heavy atom. The number of carbonyl (C=O) groups excluding carboxylic acids is 2. The second kappa shape index (κ2) is 7.57. The van der Waals surface area contributed by atoms with Gasteiger partial charge in [-0.3, -0.25) is 19.7 Å². The first-order valence-corrected chi connectivity index (χ1v) is 8.90. The molecule has 1 N–H and O–H groups in total. The van der Waals surface area contributed by atoms with Crippen LogP contribution in [0, 0.1) is 17.0 Å². The zero-order valence-corrected chi connectivity index (χ0v) is 15.3. The maximum atomic E-state index is 12.5. The normalized spacial score (nSPS) is 13.0. The molecule has 2 aromatic rings. The largest absolute Gasteiger partial charge is 0.322 e. The highest BCUT2D eigenvalue weighted by atomic mass is 16.6. The fourth-order valence-corrected chi connectivity index (χ4v) is 3.33. The van der Waals surface area contributed by atoms with Crippen LogP contribution in [0.4, 0.5) is 17.1 Å². The molecule has 0 spiro atoms. The Morgan fingerprint density at radius 2 is 2.00 bits per heavy atom. The summed E-state index contributed by atoms with van der Waals surface area (Å²) in [6.45, 7) is 4.16. The molecule has 140 valence electrons. The van der Waals surface area contributed by atoms with Crippen LogP contribution >= 0.6 is 0 Å². The Bertz CT molecular complexity index is 923. The molecular formula is C20H21N3O4. The maximum absolute atomic E-state index is 12.5. The van der Waals surface area contributed by atoms with Crippen molar-refractivity contribution in [2.75, 3.05) is 16.8 Å². The quantitative estimate of drug-likeness (QED) is 0.656. The third kappa shape index (κ3) is 3.81. The summed E-state index contributed by atoms with van der Waals surface area (Å²) in [6.07, 6.45) is 2.19. The third-order valence-electron chi connectivity index (χ3n) is 4.72. The molecule has 1 aliphatic rings. The minimum absolute atomic E-state index is 0.0130. The summed E-state index contributed by atoms with van der Waals surface area (Å²) in [5.41, 5.74) is 3.35. The first-order chi connectivity index (χ1) is 12.9. The molecule has 7 heteroatoms. The number of carbonyl (C=O) groups is 2. The first kappa shape index (κ1) is 18.6. The Morgan fingerprint density at radius 3 is 2.67 bits per heavy atom. The van der Waals surface area contributed by atoms with Gasteiger partial charge in [0.2, 0.25) is 5.91 Å². The van der Waals surface area contributed by atoms with Gasteiger partial charge in [-0.05, 0) is 55.7 Å². The minimum Gasteiger partial charge on any atom is -0.322 e. The van der Waals surface area contributed by atoms with E-state index >= 15 is 0 Å². The number of benzene rings is 2. The number of fused-ring (bicyclic) bond motifs is 1. The molecule has 3 rings (SSSR count). The van der Waals surface area contributed by atoms with Crippen molar-refractivity contribution < 1.29 is 14.5 Å². The molecule has 2 amide bonds. The van der Waals surface area contributed by atoms with E-state index in [0.717, 1.165) is 24.1 Å². The van der Waals surface area contributed by atoms with Crippen molar-refractivity contribution in [1.29, 1.82) is 0 Å². The average molecular weight is 367 g/mol. The Balaban J connectivity index is 1.80. The lowest BCUT2D eigenvalue weighted by atomic mass is 10.0. The van der Waals surface area contributed by atoms with E-state index in [2.05, 4.69) is 5.32 Å². The van der Waals surface area contributed by atoms with Crippen molar-refractivity contribution in [3.05, 3.63) is 63.2 Å². The van der Waals surface area contributed by atoms with Crippen molar-refractivity contribution in [2.24, 2.45) is 0 Å². The standard InChI is InChI=1S/C20H21N3O4/c1-3-19(24)22-10-4-5-14-12-16(7-9-18(14)22)21-20(25)15-6-8-17(23(26)27)13(2)11-15/h6-9,11-12H,3-5,10H2,1-2H3,(H,21,25). The maximum Gasteiger partial charge on any atom is 0.272 e. The number of nitrogens with one attached hydrogen (secondary N) is 1. The van der Waals surface area contributed by atoms with Crippen LogP contribution in [-0.4, -0.2) is 23.3 Å². The molecule has 0 saturated heterocycles. The lowest BCUT2D eigenvalue weighted by Crippen LogP contribution is -2.34. The highest BCUT2D eigenvalue weighted by Gasteiger charge is 2.22. The number of hydrogen-bond acceptors (Lipinski definition) is 4. The van der Waals surface area contributed by atoms with Crippen molar-refractivity contribution in [1.82, 2.24) is 0 Å². The van der Waals surface area contributed by atoms with Crippen LogP contribution in [0.25, 0.3) is 0 Å². The third-order valence-corrected chi connectivity index (χ3v) is 4.72. The number of nitro groups is 1. The summed E-state index contributed by atoms with van der Waals surface area (Å²) in [5, 5.41) is 13.7. The fraction of sp³-hybridized carbons (Fsp3) is 0.300. The monoisotopic (exact) mass is 367 g/mol. The zero-order chi connectivity index (χ0) is 19.6. The number of rotatable bonds is 4. The first-order valence-electron chi connectivity index (χ1n) is 8.90. The van der Waals surface area contributed by atoms with E-state index in [0.29, 0.717) is 29.8 Å². The van der Waals surface area contributed by atoms with Crippen LogP contribution in [0.15, 0.2) is 36.4 Å². The van der Waals surface area contributed by atoms with E-state index in [4.69, 9.17) is 0 Å². The molecule has 1 heterocycles. The number of hydrogen-bond donors (Lipinski definition) is 1. The van der Waals surface area contributed by atoms with Crippen molar-refractivity contribution >= 4 is 28.9 Å². The number of anilines is 2. The zero-order valence-electron chi connectivity index (χ0n) is 15.3. The van der Waals surface area contributed by atoms with Crippen LogP contribution in [-0.2, 0) is 11.2 Å². The van der Waals surface area contributed by atoms with Crippen LogP contribution in [0.5, 0.6) is 0 Å². The summed E-state index contributed by atoms with van der Waals surface area (Å²) in [4.78, 5) is 36.8. The summed E-state index contributed by atoms with van der Waals surface area (Å²) >= 11 is 0. The summed E-state index contributed by atoms with van der Waals surface area (Å²) in [6, 6.07) is 9.81. The molecule has 0 saturated carbocycles. The number of nitrogens with zero attached hydrogens (tertiary/aromatic N) is 2. The van der Waals surface area contributed by atoms with Gasteiger partial charge in [0, 0.05) is 41.5 Å². The number of nitro benzene ring substituents is 1. The molecule has 0 unspecified atom stereocenters. The van der Waals surface area contributed by atoms with Crippen molar-refractivity contribution in [3.8, 4) is 0 Å². The Labute approximate surface area is 157 Å². The fourth-order valence-electron chi connectivity index (χ4n) is 3.33. The van der Waals surface area contributed by atoms with E-state index in [1.54, 1.807) is 17.9 Å². The minimum atomic E-state index is -0.468. The van der Waals surface area contributed by atoms with Gasteiger partial charge < -0.3 is 10.2 Å². The second-order valence-corrected chi connectivity index (χ2v) is 6.56. The predicted octanol–water partition coefficient (Wildman–Crippen LogP) is 3.84. The van der Waals surface area contributed by atoms with Gasteiger partial charge >= 0.3 is 0 Å². The van der Waals surface area contributed by atoms with Gasteiger partial charge in [0.15, 0.2) is 0 Å². The summed E-state index contributed by atoms with van der Waals surface area (Å²) < 4.78 is 0. The molecule has 0 fully saturated rings. The topological polar surface area (TPSA) is 92.6 Å². The predicted molar refractivity (Wildman–Crippen MR) is 103 cm³/mol. The summed E-state index contributed by atoms with van der Waals surface area (Å²) in [7, 11) is 0. The Hall–Kier alpha value is -3.22. The van der Waals surface area contributed by atoms with E-state index in [1.807, 2.05) is 19.1 Å². The van der Waals surface area contributed by atoms with Crippen molar-refractivity contribution in [3.63, 3.8) is 0 Å². The van der Waals surface area contributed by atoms with Crippen molar-refractivity contribution in [2.45, 2.75) is 33.1 Å². The van der Waals surface area contributed by atoms with Gasteiger partial charge in [-0.2, -0.15) is 0 Å². The number of amides is 2. The lowest BCUT2D eigenvalue weighted by Gasteiger charge is -2.29. The van der Waals surface area contributed by atoms with Gasteiger partial charge in [-0.25, -0.2) is 0 Å².